The number of carboxylic acids is 3. The van der Waals surface area contributed by atoms with Crippen molar-refractivity contribution in [3.8, 4) is 0 Å². The summed E-state index contributed by atoms with van der Waals surface area (Å²) in [6, 6.07) is -2.31. The van der Waals surface area contributed by atoms with Crippen LogP contribution in [0.5, 0.6) is 0 Å². The van der Waals surface area contributed by atoms with Crippen molar-refractivity contribution in [2.75, 3.05) is 6.54 Å². The second-order valence-electron chi connectivity index (χ2n) is 4.22. The number of nitrogens with one attached hydrogen (secondary N) is 2. The molecule has 0 amide bonds. The zero-order valence-electron chi connectivity index (χ0n) is 11.4. The van der Waals surface area contributed by atoms with Crippen LogP contribution in [0.3, 0.4) is 0 Å². The summed E-state index contributed by atoms with van der Waals surface area (Å²) in [6.07, 6.45) is 1.28. The maximum atomic E-state index is 11.1. The Balaban J connectivity index is 4.42. The van der Waals surface area contributed by atoms with Crippen molar-refractivity contribution in [2.45, 2.75) is 37.8 Å². The smallest absolute Gasteiger partial charge is 0.320 e. The quantitative estimate of drug-likeness (QED) is 0.0834. The second kappa shape index (κ2) is 10.6. The fraction of sp³-hybridized carbons (Fsp3) is 0.636. The molecule has 10 heteroatoms. The van der Waals surface area contributed by atoms with Gasteiger partial charge in [0, 0.05) is 13.0 Å². The van der Waals surface area contributed by atoms with E-state index in [1.165, 1.54) is 6.34 Å². The molecule has 0 aromatic rings. The number of nitrogens with two attached hydrogens (primary N) is 1. The van der Waals surface area contributed by atoms with Crippen LogP contribution in [0.4, 0.5) is 0 Å². The van der Waals surface area contributed by atoms with Gasteiger partial charge in [-0.2, -0.15) is 0 Å². The summed E-state index contributed by atoms with van der Waals surface area (Å²) in [5.41, 5.74) is 2.20. The Bertz CT molecular complexity index is 387. The lowest BCUT2D eigenvalue weighted by molar-refractivity contribution is -0.143. The molecule has 0 saturated heterocycles. The molecule has 10 nitrogen and oxygen atoms in total. The van der Waals surface area contributed by atoms with E-state index in [-0.39, 0.29) is 19.3 Å². The molecule has 120 valence electrons. The summed E-state index contributed by atoms with van der Waals surface area (Å²) in [4.78, 5) is 36.3. The Labute approximate surface area is 121 Å². The van der Waals surface area contributed by atoms with Crippen molar-refractivity contribution in [2.24, 2.45) is 10.8 Å². The number of aliphatic carboxylic acids is 3. The number of carboxylic acid groups (broad SMARTS) is 3. The van der Waals surface area contributed by atoms with Crippen LogP contribution < -0.4 is 16.6 Å². The van der Waals surface area contributed by atoms with Gasteiger partial charge in [0.15, 0.2) is 0 Å². The second-order valence-corrected chi connectivity index (χ2v) is 4.22. The van der Waals surface area contributed by atoms with Crippen molar-refractivity contribution >= 4 is 24.2 Å². The number of carbonyl (C=O) groups is 3. The summed E-state index contributed by atoms with van der Waals surface area (Å²) in [6.45, 7) is 0.336. The fourth-order valence-electron chi connectivity index (χ4n) is 1.57. The lowest BCUT2D eigenvalue weighted by Crippen LogP contribution is -2.47. The van der Waals surface area contributed by atoms with Crippen molar-refractivity contribution in [3.05, 3.63) is 0 Å². The van der Waals surface area contributed by atoms with E-state index in [9.17, 15) is 14.4 Å². The molecular formula is C11H20N4O6. The van der Waals surface area contributed by atoms with Crippen LogP contribution in [0.15, 0.2) is 4.99 Å². The van der Waals surface area contributed by atoms with Crippen LogP contribution in [0, 0.1) is 0 Å². The zero-order chi connectivity index (χ0) is 16.3. The molecule has 0 aromatic carbocycles. The summed E-state index contributed by atoms with van der Waals surface area (Å²) >= 11 is 0. The van der Waals surface area contributed by atoms with Gasteiger partial charge in [0.05, 0.1) is 6.34 Å². The van der Waals surface area contributed by atoms with Gasteiger partial charge < -0.3 is 20.7 Å². The number of hydrazine groups is 1. The van der Waals surface area contributed by atoms with Crippen LogP contribution in [-0.2, 0) is 14.4 Å². The van der Waals surface area contributed by atoms with Gasteiger partial charge in [0.25, 0.3) is 0 Å². The maximum Gasteiger partial charge on any atom is 0.320 e. The normalized spacial score (nSPS) is 13.8. The number of nitrogens with zero attached hydrogens (tertiary/aromatic N) is 1. The van der Waals surface area contributed by atoms with E-state index in [0.717, 1.165) is 0 Å². The number of aliphatic imine (C=N–C) groups is 1. The molecule has 7 N–H and O–H groups in total. The van der Waals surface area contributed by atoms with E-state index in [1.54, 1.807) is 0 Å². The molecule has 0 unspecified atom stereocenters. The van der Waals surface area contributed by atoms with Crippen LogP contribution in [0.2, 0.25) is 0 Å². The van der Waals surface area contributed by atoms with E-state index in [2.05, 4.69) is 15.7 Å². The minimum Gasteiger partial charge on any atom is -0.481 e. The summed E-state index contributed by atoms with van der Waals surface area (Å²) in [5, 5.41) is 29.0. The molecular weight excluding hydrogens is 284 g/mol. The third-order valence-corrected chi connectivity index (χ3v) is 2.59. The number of hydrogen-bond donors (Lipinski definition) is 6. The SMILES string of the molecule is NNC=NCCC[C@H](N[C@@H](CCC(=O)O)C(=O)O)C(=O)O. The number of rotatable bonds is 12. The molecule has 0 radical (unpaired) electrons. The van der Waals surface area contributed by atoms with Crippen LogP contribution in [0.25, 0.3) is 0 Å². The third kappa shape index (κ3) is 9.35. The van der Waals surface area contributed by atoms with E-state index in [0.29, 0.717) is 13.0 Å². The molecule has 0 fully saturated rings. The lowest BCUT2D eigenvalue weighted by Gasteiger charge is -2.19. The Kier molecular flexibility index (Phi) is 9.46. The highest BCUT2D eigenvalue weighted by molar-refractivity contribution is 5.78. The van der Waals surface area contributed by atoms with Crippen molar-refractivity contribution in [1.29, 1.82) is 0 Å². The highest BCUT2D eigenvalue weighted by Gasteiger charge is 2.25. The lowest BCUT2D eigenvalue weighted by atomic mass is 10.1. The van der Waals surface area contributed by atoms with E-state index >= 15 is 0 Å². The first-order valence-electron chi connectivity index (χ1n) is 6.26. The molecule has 0 aliphatic heterocycles. The van der Waals surface area contributed by atoms with Crippen molar-refractivity contribution in [3.63, 3.8) is 0 Å². The first kappa shape index (κ1) is 18.8. The monoisotopic (exact) mass is 304 g/mol. The highest BCUT2D eigenvalue weighted by atomic mass is 16.4. The van der Waals surface area contributed by atoms with E-state index < -0.39 is 30.0 Å². The van der Waals surface area contributed by atoms with Gasteiger partial charge in [-0.15, -0.1) is 0 Å². The number of hydrogen-bond acceptors (Lipinski definition) is 6. The predicted molar refractivity (Wildman–Crippen MR) is 72.8 cm³/mol. The van der Waals surface area contributed by atoms with Gasteiger partial charge in [0.2, 0.25) is 0 Å². The molecule has 0 heterocycles. The average molecular weight is 304 g/mol. The molecule has 21 heavy (non-hydrogen) atoms. The Morgan fingerprint density at radius 1 is 1.10 bits per heavy atom. The van der Waals surface area contributed by atoms with Crippen LogP contribution >= 0.6 is 0 Å². The average Bonchev–Trinajstić information content (AvgIpc) is 2.39. The molecule has 0 bridgehead atoms. The summed E-state index contributed by atoms with van der Waals surface area (Å²) < 4.78 is 0. The van der Waals surface area contributed by atoms with Crippen molar-refractivity contribution in [1.82, 2.24) is 10.7 Å². The van der Waals surface area contributed by atoms with Crippen LogP contribution in [-0.4, -0.2) is 58.2 Å². The molecule has 2 atom stereocenters. The van der Waals surface area contributed by atoms with Gasteiger partial charge >= 0.3 is 17.9 Å². The maximum absolute atomic E-state index is 11.1. The largest absolute Gasteiger partial charge is 0.481 e. The molecule has 0 spiro atoms. The minimum atomic E-state index is -1.28. The predicted octanol–water partition coefficient (Wildman–Crippen LogP) is -1.38. The molecule has 0 rings (SSSR count). The van der Waals surface area contributed by atoms with Gasteiger partial charge in [-0.25, -0.2) is 5.84 Å². The standard InChI is InChI=1S/C11H20N4O6/c12-14-6-13-5-1-2-7(10(18)19)15-8(11(20)21)3-4-9(16)17/h6-8,15H,1-5,12H2,(H,13,14)(H,16,17)(H,18,19)(H,20,21)/t7-,8-/m0/s1. The summed E-state index contributed by atoms with van der Waals surface area (Å²) in [5.74, 6) is 1.34. The van der Waals surface area contributed by atoms with Crippen LogP contribution in [0.1, 0.15) is 25.7 Å². The first-order chi connectivity index (χ1) is 9.88. The Morgan fingerprint density at radius 3 is 2.14 bits per heavy atom. The molecule has 0 aliphatic rings. The van der Waals surface area contributed by atoms with E-state index in [1.807, 2.05) is 0 Å². The molecule has 0 saturated carbocycles. The first-order valence-corrected chi connectivity index (χ1v) is 6.26. The zero-order valence-corrected chi connectivity index (χ0v) is 11.4. The highest BCUT2D eigenvalue weighted by Crippen LogP contribution is 2.04. The van der Waals surface area contributed by atoms with Gasteiger partial charge in [-0.3, -0.25) is 24.7 Å². The Morgan fingerprint density at radius 2 is 1.67 bits per heavy atom. The van der Waals surface area contributed by atoms with Gasteiger partial charge in [-0.1, -0.05) is 0 Å². The molecule has 0 aliphatic carbocycles. The fourth-order valence-corrected chi connectivity index (χ4v) is 1.57. The summed E-state index contributed by atoms with van der Waals surface area (Å²) in [7, 11) is 0. The van der Waals surface area contributed by atoms with Crippen molar-refractivity contribution < 1.29 is 29.7 Å². The minimum absolute atomic E-state index is 0.161. The van der Waals surface area contributed by atoms with Gasteiger partial charge in [-0.05, 0) is 19.3 Å². The van der Waals surface area contributed by atoms with Gasteiger partial charge in [0.1, 0.15) is 12.1 Å². The molecule has 0 aromatic heterocycles. The topological polar surface area (TPSA) is 174 Å². The van der Waals surface area contributed by atoms with E-state index in [4.69, 9.17) is 21.2 Å². The third-order valence-electron chi connectivity index (χ3n) is 2.59. The Hall–Kier alpha value is -2.20.